The normalized spacial score (nSPS) is 25.1. The van der Waals surface area contributed by atoms with Gasteiger partial charge in [-0.15, -0.1) is 0 Å². The molecule has 0 spiro atoms. The second kappa shape index (κ2) is 7.49. The first-order valence-corrected chi connectivity index (χ1v) is 9.04. The summed E-state index contributed by atoms with van der Waals surface area (Å²) in [4.78, 5) is 14.0. The summed E-state index contributed by atoms with van der Waals surface area (Å²) in [5.74, 6) is 0.889. The Morgan fingerprint density at radius 1 is 1.08 bits per heavy atom. The van der Waals surface area contributed by atoms with Crippen LogP contribution in [0.25, 0.3) is 11.0 Å². The van der Waals surface area contributed by atoms with Crippen LogP contribution in [-0.4, -0.2) is 53.4 Å². The van der Waals surface area contributed by atoms with Crippen molar-refractivity contribution in [2.45, 2.75) is 31.8 Å². The fraction of sp³-hybridized carbons (Fsp3) is 0.611. The van der Waals surface area contributed by atoms with Gasteiger partial charge in [-0.25, -0.2) is 0 Å². The minimum atomic E-state index is -0.0377. The number of ether oxygens (including phenoxy) is 2. The van der Waals surface area contributed by atoms with E-state index in [2.05, 4.69) is 15.5 Å². The van der Waals surface area contributed by atoms with E-state index >= 15 is 0 Å². The van der Waals surface area contributed by atoms with Crippen molar-refractivity contribution in [3.8, 4) is 0 Å². The highest BCUT2D eigenvalue weighted by molar-refractivity contribution is 5.77. The molecular formula is C18H24N4O3. The smallest absolute Gasteiger partial charge is 0.243 e. The van der Waals surface area contributed by atoms with Gasteiger partial charge in [-0.3, -0.25) is 4.79 Å². The van der Waals surface area contributed by atoms with Crippen molar-refractivity contribution in [2.75, 3.05) is 26.4 Å². The van der Waals surface area contributed by atoms with Crippen molar-refractivity contribution in [1.29, 1.82) is 0 Å². The Labute approximate surface area is 146 Å². The summed E-state index contributed by atoms with van der Waals surface area (Å²) in [6, 6.07) is 7.80. The number of hydrogen-bond acceptors (Lipinski definition) is 5. The Morgan fingerprint density at radius 3 is 2.48 bits per heavy atom. The number of benzene rings is 1. The summed E-state index contributed by atoms with van der Waals surface area (Å²) in [6.07, 6.45) is 2.96. The molecule has 2 saturated heterocycles. The molecule has 0 saturated carbocycles. The summed E-state index contributed by atoms with van der Waals surface area (Å²) in [5.41, 5.74) is 1.61. The Hall–Kier alpha value is -1.99. The second-order valence-electron chi connectivity index (χ2n) is 6.87. The molecule has 7 nitrogen and oxygen atoms in total. The molecule has 2 aliphatic rings. The van der Waals surface area contributed by atoms with Crippen molar-refractivity contribution < 1.29 is 14.3 Å². The van der Waals surface area contributed by atoms with Gasteiger partial charge in [0, 0.05) is 31.8 Å². The van der Waals surface area contributed by atoms with E-state index in [1.165, 1.54) is 4.80 Å². The maximum atomic E-state index is 12.5. The Bertz CT molecular complexity index is 693. The standard InChI is InChI=1S/C18H24N4O3/c23-18(11-22-20-16-3-1-2-4-17(16)21-22)19-15-7-10-25-12-14(15)13-5-8-24-9-6-13/h1-4,13-15H,5-12H2,(H,19,23)/t14-,15-/m1/s1. The molecule has 134 valence electrons. The number of hydrogen-bond donors (Lipinski definition) is 1. The lowest BCUT2D eigenvalue weighted by molar-refractivity contribution is -0.124. The molecule has 2 atom stereocenters. The van der Waals surface area contributed by atoms with E-state index in [1.54, 1.807) is 0 Å². The van der Waals surface area contributed by atoms with Gasteiger partial charge in [-0.1, -0.05) is 12.1 Å². The number of nitrogens with zero attached hydrogens (tertiary/aromatic N) is 3. The number of carbonyl (C=O) groups excluding carboxylic acids is 1. The summed E-state index contributed by atoms with van der Waals surface area (Å²) in [6.45, 7) is 3.19. The van der Waals surface area contributed by atoms with Crippen molar-refractivity contribution in [3.63, 3.8) is 0 Å². The molecule has 1 amide bonds. The van der Waals surface area contributed by atoms with Gasteiger partial charge in [-0.2, -0.15) is 15.0 Å². The van der Waals surface area contributed by atoms with E-state index in [0.29, 0.717) is 18.4 Å². The molecule has 25 heavy (non-hydrogen) atoms. The molecule has 0 radical (unpaired) electrons. The predicted molar refractivity (Wildman–Crippen MR) is 91.9 cm³/mol. The van der Waals surface area contributed by atoms with Crippen LogP contribution >= 0.6 is 0 Å². The minimum Gasteiger partial charge on any atom is -0.381 e. The van der Waals surface area contributed by atoms with Gasteiger partial charge in [0.25, 0.3) is 0 Å². The zero-order valence-corrected chi connectivity index (χ0v) is 14.3. The monoisotopic (exact) mass is 344 g/mol. The lowest BCUT2D eigenvalue weighted by atomic mass is 9.79. The molecule has 2 fully saturated rings. The van der Waals surface area contributed by atoms with Crippen LogP contribution in [0, 0.1) is 11.8 Å². The highest BCUT2D eigenvalue weighted by atomic mass is 16.5. The largest absolute Gasteiger partial charge is 0.381 e. The molecule has 0 bridgehead atoms. The number of carbonyl (C=O) groups is 1. The van der Waals surface area contributed by atoms with Gasteiger partial charge in [0.2, 0.25) is 5.91 Å². The first kappa shape index (κ1) is 16.5. The molecule has 0 aliphatic carbocycles. The van der Waals surface area contributed by atoms with Crippen LogP contribution in [-0.2, 0) is 20.8 Å². The molecule has 2 aromatic rings. The topological polar surface area (TPSA) is 78.3 Å². The van der Waals surface area contributed by atoms with E-state index in [-0.39, 0.29) is 18.5 Å². The van der Waals surface area contributed by atoms with Crippen LogP contribution in [0.15, 0.2) is 24.3 Å². The van der Waals surface area contributed by atoms with Crippen LogP contribution in [0.3, 0.4) is 0 Å². The summed E-state index contributed by atoms with van der Waals surface area (Å²) in [7, 11) is 0. The first-order valence-electron chi connectivity index (χ1n) is 9.04. The van der Waals surface area contributed by atoms with E-state index in [0.717, 1.165) is 50.1 Å². The van der Waals surface area contributed by atoms with Crippen LogP contribution < -0.4 is 5.32 Å². The quantitative estimate of drug-likeness (QED) is 0.907. The first-order chi connectivity index (χ1) is 12.3. The lowest BCUT2D eigenvalue weighted by Crippen LogP contribution is -2.49. The lowest BCUT2D eigenvalue weighted by Gasteiger charge is -2.39. The maximum Gasteiger partial charge on any atom is 0.243 e. The highest BCUT2D eigenvalue weighted by Crippen LogP contribution is 2.30. The third-order valence-corrected chi connectivity index (χ3v) is 5.23. The molecule has 1 aromatic carbocycles. The molecule has 4 rings (SSSR count). The molecule has 1 aromatic heterocycles. The summed E-state index contributed by atoms with van der Waals surface area (Å²) < 4.78 is 11.1. The molecule has 1 N–H and O–H groups in total. The van der Waals surface area contributed by atoms with Gasteiger partial charge in [0.15, 0.2) is 0 Å². The van der Waals surface area contributed by atoms with E-state index < -0.39 is 0 Å². The van der Waals surface area contributed by atoms with Crippen LogP contribution in [0.4, 0.5) is 0 Å². The number of nitrogens with one attached hydrogen (secondary N) is 1. The maximum absolute atomic E-state index is 12.5. The molecule has 3 heterocycles. The summed E-state index contributed by atoms with van der Waals surface area (Å²) in [5, 5.41) is 11.9. The molecule has 0 unspecified atom stereocenters. The van der Waals surface area contributed by atoms with E-state index in [4.69, 9.17) is 9.47 Å². The van der Waals surface area contributed by atoms with E-state index in [9.17, 15) is 4.79 Å². The number of rotatable bonds is 4. The van der Waals surface area contributed by atoms with Crippen molar-refractivity contribution >= 4 is 16.9 Å². The van der Waals surface area contributed by atoms with Crippen molar-refractivity contribution in [1.82, 2.24) is 20.3 Å². The van der Waals surface area contributed by atoms with Crippen molar-refractivity contribution in [2.24, 2.45) is 11.8 Å². The zero-order valence-electron chi connectivity index (χ0n) is 14.3. The molecular weight excluding hydrogens is 320 g/mol. The number of fused-ring (bicyclic) bond motifs is 1. The second-order valence-corrected chi connectivity index (χ2v) is 6.87. The highest BCUT2D eigenvalue weighted by Gasteiger charge is 2.34. The van der Waals surface area contributed by atoms with Gasteiger partial charge < -0.3 is 14.8 Å². The van der Waals surface area contributed by atoms with Gasteiger partial charge in [-0.05, 0) is 37.3 Å². The number of aromatic nitrogens is 3. The van der Waals surface area contributed by atoms with E-state index in [1.807, 2.05) is 24.3 Å². The van der Waals surface area contributed by atoms with Crippen LogP contribution in [0.5, 0.6) is 0 Å². The fourth-order valence-corrected chi connectivity index (χ4v) is 3.90. The fourth-order valence-electron chi connectivity index (χ4n) is 3.90. The van der Waals surface area contributed by atoms with Gasteiger partial charge in [0.1, 0.15) is 17.6 Å². The third kappa shape index (κ3) is 3.82. The van der Waals surface area contributed by atoms with Gasteiger partial charge in [0.05, 0.1) is 6.61 Å². The predicted octanol–water partition coefficient (Wildman–Crippen LogP) is 1.38. The minimum absolute atomic E-state index is 0.0377. The zero-order chi connectivity index (χ0) is 17.1. The van der Waals surface area contributed by atoms with Gasteiger partial charge >= 0.3 is 0 Å². The molecule has 2 aliphatic heterocycles. The van der Waals surface area contributed by atoms with Crippen molar-refractivity contribution in [3.05, 3.63) is 24.3 Å². The Balaban J connectivity index is 1.39. The average Bonchev–Trinajstić information content (AvgIpc) is 3.05. The summed E-state index contributed by atoms with van der Waals surface area (Å²) >= 11 is 0. The Kier molecular flexibility index (Phi) is 4.94. The average molecular weight is 344 g/mol. The SMILES string of the molecule is O=C(Cn1nc2ccccc2n1)N[C@@H]1CCOC[C@@H]1C1CCOCC1. The number of amides is 1. The van der Waals surface area contributed by atoms with Crippen LogP contribution in [0.1, 0.15) is 19.3 Å². The third-order valence-electron chi connectivity index (χ3n) is 5.23. The molecule has 7 heteroatoms. The van der Waals surface area contributed by atoms with Crippen LogP contribution in [0.2, 0.25) is 0 Å². The Morgan fingerprint density at radius 2 is 1.76 bits per heavy atom.